The molecule has 2 atom stereocenters. The molecular formula is C17H29N3O2. The summed E-state index contributed by atoms with van der Waals surface area (Å²) in [6.07, 6.45) is 9.20. The van der Waals surface area contributed by atoms with Crippen molar-refractivity contribution in [1.29, 1.82) is 0 Å². The number of carbonyl (C=O) groups is 2. The zero-order valence-corrected chi connectivity index (χ0v) is 13.7. The molecule has 124 valence electrons. The van der Waals surface area contributed by atoms with Crippen LogP contribution in [0.4, 0.5) is 0 Å². The molecule has 2 saturated heterocycles. The van der Waals surface area contributed by atoms with E-state index in [4.69, 9.17) is 0 Å². The maximum atomic E-state index is 12.3. The van der Waals surface area contributed by atoms with Gasteiger partial charge in [0.05, 0.1) is 6.54 Å². The fraction of sp³-hybridized carbons (Fsp3) is 0.882. The molecule has 0 aromatic rings. The minimum atomic E-state index is 0.172. The van der Waals surface area contributed by atoms with Crippen molar-refractivity contribution in [2.24, 2.45) is 0 Å². The van der Waals surface area contributed by atoms with Gasteiger partial charge in [0.1, 0.15) is 0 Å². The molecule has 1 aliphatic carbocycles. The van der Waals surface area contributed by atoms with Crippen LogP contribution in [0.5, 0.6) is 0 Å². The molecule has 0 aromatic heterocycles. The van der Waals surface area contributed by atoms with Crippen LogP contribution in [0.25, 0.3) is 0 Å². The van der Waals surface area contributed by atoms with Crippen molar-refractivity contribution in [2.75, 3.05) is 19.6 Å². The monoisotopic (exact) mass is 307 g/mol. The van der Waals surface area contributed by atoms with E-state index in [0.29, 0.717) is 24.7 Å². The predicted octanol–water partition coefficient (Wildman–Crippen LogP) is 1.52. The number of nitrogens with zero attached hydrogens (tertiary/aromatic N) is 2. The van der Waals surface area contributed by atoms with E-state index in [1.165, 1.54) is 12.8 Å². The van der Waals surface area contributed by atoms with Gasteiger partial charge in [-0.25, -0.2) is 0 Å². The van der Waals surface area contributed by atoms with Gasteiger partial charge in [-0.3, -0.25) is 14.5 Å². The van der Waals surface area contributed by atoms with Gasteiger partial charge in [0.25, 0.3) is 0 Å². The van der Waals surface area contributed by atoms with Crippen LogP contribution in [0, 0.1) is 0 Å². The largest absolute Gasteiger partial charge is 0.352 e. The van der Waals surface area contributed by atoms with Crippen LogP contribution in [0.3, 0.4) is 0 Å². The van der Waals surface area contributed by atoms with Crippen molar-refractivity contribution >= 4 is 11.8 Å². The van der Waals surface area contributed by atoms with Crippen LogP contribution >= 0.6 is 0 Å². The first-order valence-electron chi connectivity index (χ1n) is 8.96. The van der Waals surface area contributed by atoms with Gasteiger partial charge in [-0.15, -0.1) is 0 Å². The van der Waals surface area contributed by atoms with Crippen LogP contribution in [0.15, 0.2) is 0 Å². The number of hydrogen-bond acceptors (Lipinski definition) is 3. The molecule has 0 bridgehead atoms. The van der Waals surface area contributed by atoms with Gasteiger partial charge < -0.3 is 10.2 Å². The lowest BCUT2D eigenvalue weighted by molar-refractivity contribution is -0.130. The van der Waals surface area contributed by atoms with E-state index in [1.807, 2.05) is 4.90 Å². The topological polar surface area (TPSA) is 52.7 Å². The normalized spacial score (nSPS) is 30.1. The van der Waals surface area contributed by atoms with Crippen LogP contribution in [-0.4, -0.2) is 59.4 Å². The van der Waals surface area contributed by atoms with Gasteiger partial charge in [-0.1, -0.05) is 12.8 Å². The van der Waals surface area contributed by atoms with E-state index in [1.54, 1.807) is 6.92 Å². The Morgan fingerprint density at radius 1 is 0.955 bits per heavy atom. The lowest BCUT2D eigenvalue weighted by Crippen LogP contribution is -2.50. The third-order valence-electron chi connectivity index (χ3n) is 5.63. The molecule has 2 aliphatic heterocycles. The Balaban J connectivity index is 1.56. The Labute approximate surface area is 133 Å². The number of hydrogen-bond donors (Lipinski definition) is 1. The second kappa shape index (κ2) is 6.99. The first-order chi connectivity index (χ1) is 10.6. The highest BCUT2D eigenvalue weighted by Crippen LogP contribution is 2.30. The van der Waals surface area contributed by atoms with Gasteiger partial charge in [0.15, 0.2) is 0 Å². The van der Waals surface area contributed by atoms with Crippen LogP contribution in [-0.2, 0) is 9.59 Å². The molecule has 1 saturated carbocycles. The summed E-state index contributed by atoms with van der Waals surface area (Å²) in [5.74, 6) is 0.357. The molecule has 0 radical (unpaired) electrons. The molecule has 3 aliphatic rings. The summed E-state index contributed by atoms with van der Waals surface area (Å²) in [7, 11) is 0. The number of nitrogens with one attached hydrogen (secondary N) is 1. The minimum absolute atomic E-state index is 0.172. The van der Waals surface area contributed by atoms with Crippen LogP contribution in [0.2, 0.25) is 0 Å². The molecule has 3 rings (SSSR count). The van der Waals surface area contributed by atoms with Crippen molar-refractivity contribution in [3.63, 3.8) is 0 Å². The Morgan fingerprint density at radius 3 is 2.36 bits per heavy atom. The van der Waals surface area contributed by atoms with E-state index in [9.17, 15) is 9.59 Å². The maximum Gasteiger partial charge on any atom is 0.234 e. The smallest absolute Gasteiger partial charge is 0.234 e. The predicted molar refractivity (Wildman–Crippen MR) is 85.4 cm³/mol. The first kappa shape index (κ1) is 15.8. The average Bonchev–Trinajstić information content (AvgIpc) is 3.17. The highest BCUT2D eigenvalue weighted by Gasteiger charge is 2.39. The summed E-state index contributed by atoms with van der Waals surface area (Å²) in [6, 6.07) is 1.09. The van der Waals surface area contributed by atoms with Crippen LogP contribution in [0.1, 0.15) is 58.3 Å². The quantitative estimate of drug-likeness (QED) is 0.857. The van der Waals surface area contributed by atoms with E-state index in [0.717, 1.165) is 51.6 Å². The third kappa shape index (κ3) is 3.45. The SMILES string of the molecule is CC(=O)N1CCCC1C1CCCN1CC(=O)NC1CCCC1. The molecule has 1 N–H and O–H groups in total. The second-order valence-electron chi connectivity index (χ2n) is 7.15. The number of amides is 2. The molecule has 2 heterocycles. The van der Waals surface area contributed by atoms with Gasteiger partial charge in [0.2, 0.25) is 11.8 Å². The van der Waals surface area contributed by atoms with Gasteiger partial charge in [-0.2, -0.15) is 0 Å². The van der Waals surface area contributed by atoms with E-state index in [-0.39, 0.29) is 11.8 Å². The lowest BCUT2D eigenvalue weighted by Gasteiger charge is -2.34. The molecule has 5 heteroatoms. The van der Waals surface area contributed by atoms with Gasteiger partial charge >= 0.3 is 0 Å². The summed E-state index contributed by atoms with van der Waals surface area (Å²) in [5.41, 5.74) is 0. The van der Waals surface area contributed by atoms with E-state index >= 15 is 0 Å². The van der Waals surface area contributed by atoms with Crippen molar-refractivity contribution in [3.8, 4) is 0 Å². The van der Waals surface area contributed by atoms with Crippen molar-refractivity contribution in [2.45, 2.75) is 76.4 Å². The van der Waals surface area contributed by atoms with Crippen molar-refractivity contribution in [1.82, 2.24) is 15.1 Å². The zero-order valence-electron chi connectivity index (χ0n) is 13.7. The molecule has 0 spiro atoms. The molecule has 22 heavy (non-hydrogen) atoms. The molecule has 3 fully saturated rings. The Morgan fingerprint density at radius 2 is 1.64 bits per heavy atom. The fourth-order valence-corrected chi connectivity index (χ4v) is 4.60. The van der Waals surface area contributed by atoms with E-state index in [2.05, 4.69) is 10.2 Å². The standard InChI is InChI=1S/C17H29N3O2/c1-13(21)20-11-5-9-16(20)15-8-4-10-19(15)12-17(22)18-14-6-2-3-7-14/h14-16H,2-12H2,1H3,(H,18,22). The molecule has 0 aromatic carbocycles. The second-order valence-corrected chi connectivity index (χ2v) is 7.15. The van der Waals surface area contributed by atoms with Crippen molar-refractivity contribution < 1.29 is 9.59 Å². The number of carbonyl (C=O) groups excluding carboxylic acids is 2. The van der Waals surface area contributed by atoms with E-state index < -0.39 is 0 Å². The molecular weight excluding hydrogens is 278 g/mol. The number of rotatable bonds is 4. The maximum absolute atomic E-state index is 12.3. The Bertz CT molecular complexity index is 420. The highest BCUT2D eigenvalue weighted by molar-refractivity contribution is 5.78. The summed E-state index contributed by atoms with van der Waals surface area (Å²) in [6.45, 7) is 4.05. The summed E-state index contributed by atoms with van der Waals surface area (Å²) in [4.78, 5) is 28.4. The highest BCUT2D eigenvalue weighted by atomic mass is 16.2. The summed E-state index contributed by atoms with van der Waals surface area (Å²) >= 11 is 0. The Kier molecular flexibility index (Phi) is 5.01. The van der Waals surface area contributed by atoms with Gasteiger partial charge in [-0.05, 0) is 45.1 Å². The molecule has 5 nitrogen and oxygen atoms in total. The third-order valence-corrected chi connectivity index (χ3v) is 5.63. The average molecular weight is 307 g/mol. The zero-order chi connectivity index (χ0) is 15.5. The molecule has 2 amide bonds. The Hall–Kier alpha value is -1.10. The van der Waals surface area contributed by atoms with Crippen molar-refractivity contribution in [3.05, 3.63) is 0 Å². The summed E-state index contributed by atoms with van der Waals surface area (Å²) < 4.78 is 0. The fourth-order valence-electron chi connectivity index (χ4n) is 4.60. The lowest BCUT2D eigenvalue weighted by atomic mass is 10.0. The minimum Gasteiger partial charge on any atom is -0.352 e. The van der Waals surface area contributed by atoms with Crippen LogP contribution < -0.4 is 5.32 Å². The first-order valence-corrected chi connectivity index (χ1v) is 8.96. The molecule has 2 unspecified atom stereocenters. The number of likely N-dealkylation sites (tertiary alicyclic amines) is 2. The van der Waals surface area contributed by atoms with Gasteiger partial charge in [0, 0.05) is 31.6 Å². The summed E-state index contributed by atoms with van der Waals surface area (Å²) in [5, 5.41) is 3.19.